The SMILES string of the molecule is Cl.FC(F)(F)C[C@H](c1ccccc1SC(F)(F)F)N1CCNCC1. The molecule has 1 aromatic carbocycles. The highest BCUT2D eigenvalue weighted by Gasteiger charge is 2.38. The number of hydrogen-bond donors (Lipinski definition) is 1. The van der Waals surface area contributed by atoms with Crippen LogP contribution in [0.2, 0.25) is 0 Å². The van der Waals surface area contributed by atoms with Gasteiger partial charge in [0.1, 0.15) is 0 Å². The average molecular weight is 395 g/mol. The van der Waals surface area contributed by atoms with Crippen molar-refractivity contribution in [2.24, 2.45) is 0 Å². The number of rotatable bonds is 4. The zero-order chi connectivity index (χ0) is 17.1. The summed E-state index contributed by atoms with van der Waals surface area (Å²) in [5.41, 5.74) is -4.46. The number of halogens is 7. The fourth-order valence-corrected chi connectivity index (χ4v) is 3.34. The predicted octanol–water partition coefficient (Wildman–Crippen LogP) is 4.62. The van der Waals surface area contributed by atoms with Crippen LogP contribution in [0.15, 0.2) is 29.2 Å². The molecule has 0 aromatic heterocycles. The van der Waals surface area contributed by atoms with Gasteiger partial charge in [-0.1, -0.05) is 18.2 Å². The van der Waals surface area contributed by atoms with Gasteiger partial charge in [0.15, 0.2) is 0 Å². The molecule has 0 saturated carbocycles. The van der Waals surface area contributed by atoms with Crippen LogP contribution in [0.3, 0.4) is 0 Å². The van der Waals surface area contributed by atoms with Gasteiger partial charge in [-0.05, 0) is 23.4 Å². The van der Waals surface area contributed by atoms with Gasteiger partial charge in [0.25, 0.3) is 0 Å². The summed E-state index contributed by atoms with van der Waals surface area (Å²) in [5.74, 6) is 0. The number of nitrogens with one attached hydrogen (secondary N) is 1. The van der Waals surface area contributed by atoms with Crippen LogP contribution in [0, 0.1) is 0 Å². The van der Waals surface area contributed by atoms with Gasteiger partial charge in [-0.2, -0.15) is 26.3 Å². The Labute approximate surface area is 146 Å². The first-order valence-corrected chi connectivity index (χ1v) is 7.83. The monoisotopic (exact) mass is 394 g/mol. The zero-order valence-corrected chi connectivity index (χ0v) is 14.1. The molecule has 24 heavy (non-hydrogen) atoms. The largest absolute Gasteiger partial charge is 0.446 e. The van der Waals surface area contributed by atoms with E-state index in [0.29, 0.717) is 26.2 Å². The first-order valence-electron chi connectivity index (χ1n) is 7.02. The first kappa shape index (κ1) is 21.4. The number of piperazine rings is 1. The highest BCUT2D eigenvalue weighted by atomic mass is 35.5. The van der Waals surface area contributed by atoms with Crippen molar-refractivity contribution >= 4 is 24.2 Å². The molecule has 0 spiro atoms. The van der Waals surface area contributed by atoms with E-state index in [1.807, 2.05) is 0 Å². The first-order chi connectivity index (χ1) is 10.7. The molecule has 2 rings (SSSR count). The summed E-state index contributed by atoms with van der Waals surface area (Å²) in [5, 5.41) is 3.03. The number of thioether (sulfide) groups is 1. The summed E-state index contributed by atoms with van der Waals surface area (Å²) in [4.78, 5) is 1.42. The fraction of sp³-hybridized carbons (Fsp3) is 0.571. The summed E-state index contributed by atoms with van der Waals surface area (Å²) >= 11 is -0.364. The van der Waals surface area contributed by atoms with Gasteiger partial charge in [-0.3, -0.25) is 4.90 Å². The summed E-state index contributed by atoms with van der Waals surface area (Å²) in [6.07, 6.45) is -5.62. The van der Waals surface area contributed by atoms with E-state index >= 15 is 0 Å². The van der Waals surface area contributed by atoms with E-state index in [2.05, 4.69) is 5.32 Å². The van der Waals surface area contributed by atoms with E-state index in [4.69, 9.17) is 0 Å². The quantitative estimate of drug-likeness (QED) is 0.592. The summed E-state index contributed by atoms with van der Waals surface area (Å²) in [7, 11) is 0. The molecule has 10 heteroatoms. The van der Waals surface area contributed by atoms with Crippen LogP contribution < -0.4 is 5.32 Å². The van der Waals surface area contributed by atoms with Crippen LogP contribution in [0.5, 0.6) is 0 Å². The van der Waals surface area contributed by atoms with Crippen LogP contribution in [0.4, 0.5) is 26.3 Å². The van der Waals surface area contributed by atoms with Gasteiger partial charge >= 0.3 is 11.7 Å². The molecule has 138 valence electrons. The second-order valence-corrected chi connectivity index (χ2v) is 6.31. The van der Waals surface area contributed by atoms with Crippen molar-refractivity contribution < 1.29 is 26.3 Å². The highest BCUT2D eigenvalue weighted by molar-refractivity contribution is 8.00. The number of nitrogens with zero attached hydrogens (tertiary/aromatic N) is 1. The second-order valence-electron chi connectivity index (χ2n) is 5.21. The molecule has 1 saturated heterocycles. The molecule has 1 heterocycles. The molecule has 0 amide bonds. The van der Waals surface area contributed by atoms with Gasteiger partial charge in [-0.25, -0.2) is 0 Å². The lowest BCUT2D eigenvalue weighted by Gasteiger charge is -2.36. The highest BCUT2D eigenvalue weighted by Crippen LogP contribution is 2.43. The Bertz CT molecular complexity index is 517. The Balaban J connectivity index is 0.00000288. The maximum Gasteiger partial charge on any atom is 0.446 e. The second kappa shape index (κ2) is 8.64. The zero-order valence-electron chi connectivity index (χ0n) is 12.5. The average Bonchev–Trinajstić information content (AvgIpc) is 2.44. The third-order valence-corrected chi connectivity index (χ3v) is 4.34. The van der Waals surface area contributed by atoms with Crippen molar-refractivity contribution in [1.29, 1.82) is 0 Å². The van der Waals surface area contributed by atoms with E-state index in [9.17, 15) is 26.3 Å². The maximum absolute atomic E-state index is 12.9. The van der Waals surface area contributed by atoms with Crippen molar-refractivity contribution in [2.45, 2.75) is 29.0 Å². The van der Waals surface area contributed by atoms with E-state index < -0.39 is 24.1 Å². The van der Waals surface area contributed by atoms with Crippen molar-refractivity contribution in [3.63, 3.8) is 0 Å². The van der Waals surface area contributed by atoms with E-state index in [1.165, 1.54) is 24.3 Å². The topological polar surface area (TPSA) is 15.3 Å². The van der Waals surface area contributed by atoms with Crippen LogP contribution in [-0.2, 0) is 0 Å². The van der Waals surface area contributed by atoms with Crippen LogP contribution in [0.1, 0.15) is 18.0 Å². The molecule has 1 aliphatic rings. The summed E-state index contributed by atoms with van der Waals surface area (Å²) in [6.45, 7) is 1.77. The Morgan fingerprint density at radius 2 is 1.62 bits per heavy atom. The van der Waals surface area contributed by atoms with Crippen LogP contribution in [-0.4, -0.2) is 42.8 Å². The minimum atomic E-state index is -4.54. The molecule has 1 aromatic rings. The fourth-order valence-electron chi connectivity index (χ4n) is 2.62. The number of benzene rings is 1. The normalized spacial score (nSPS) is 18.1. The third-order valence-electron chi connectivity index (χ3n) is 3.52. The van der Waals surface area contributed by atoms with Gasteiger partial charge in [0.2, 0.25) is 0 Å². The molecular weight excluding hydrogens is 378 g/mol. The molecule has 0 aliphatic carbocycles. The molecule has 0 unspecified atom stereocenters. The lowest BCUT2D eigenvalue weighted by molar-refractivity contribution is -0.149. The molecule has 1 atom stereocenters. The van der Waals surface area contributed by atoms with E-state index in [-0.39, 0.29) is 34.6 Å². The molecule has 0 bridgehead atoms. The summed E-state index contributed by atoms with van der Waals surface area (Å²) in [6, 6.07) is 4.34. The predicted molar refractivity (Wildman–Crippen MR) is 83.5 cm³/mol. The van der Waals surface area contributed by atoms with Crippen molar-refractivity contribution in [3.8, 4) is 0 Å². The third kappa shape index (κ3) is 6.70. The van der Waals surface area contributed by atoms with Crippen molar-refractivity contribution in [2.75, 3.05) is 26.2 Å². The standard InChI is InChI=1S/C14H16F6N2S.ClH/c15-13(16,17)9-11(22-7-5-21-6-8-22)10-3-1-2-4-12(10)23-14(18,19)20;/h1-4,11,21H,5-9H2;1H/t11-;/m1./s1. The van der Waals surface area contributed by atoms with E-state index in [0.717, 1.165) is 0 Å². The summed E-state index contributed by atoms with van der Waals surface area (Å²) < 4.78 is 76.9. The molecule has 1 fully saturated rings. The minimum absolute atomic E-state index is 0. The maximum atomic E-state index is 12.9. The Kier molecular flexibility index (Phi) is 7.71. The molecule has 0 radical (unpaired) electrons. The Morgan fingerprint density at radius 3 is 2.17 bits per heavy atom. The van der Waals surface area contributed by atoms with Crippen molar-refractivity contribution in [3.05, 3.63) is 29.8 Å². The molecule has 2 nitrogen and oxygen atoms in total. The lowest BCUT2D eigenvalue weighted by Crippen LogP contribution is -2.46. The minimum Gasteiger partial charge on any atom is -0.314 e. The Morgan fingerprint density at radius 1 is 1.04 bits per heavy atom. The Hall–Kier alpha value is -0.640. The van der Waals surface area contributed by atoms with E-state index in [1.54, 1.807) is 4.90 Å². The molecular formula is C14H17ClF6N2S. The lowest BCUT2D eigenvalue weighted by atomic mass is 10.0. The van der Waals surface area contributed by atoms with Gasteiger partial charge in [-0.15, -0.1) is 12.4 Å². The van der Waals surface area contributed by atoms with Gasteiger partial charge in [0.05, 0.1) is 6.42 Å². The van der Waals surface area contributed by atoms with Gasteiger partial charge in [0, 0.05) is 37.1 Å². The molecule has 1 aliphatic heterocycles. The van der Waals surface area contributed by atoms with Crippen LogP contribution >= 0.6 is 24.2 Å². The number of alkyl halides is 6. The number of hydrogen-bond acceptors (Lipinski definition) is 3. The van der Waals surface area contributed by atoms with Crippen LogP contribution in [0.25, 0.3) is 0 Å². The molecule has 1 N–H and O–H groups in total. The van der Waals surface area contributed by atoms with Crippen molar-refractivity contribution in [1.82, 2.24) is 10.2 Å². The smallest absolute Gasteiger partial charge is 0.314 e. The van der Waals surface area contributed by atoms with Gasteiger partial charge < -0.3 is 5.32 Å².